The highest BCUT2D eigenvalue weighted by Crippen LogP contribution is 2.04. The minimum atomic E-state index is 0.384. The van der Waals surface area contributed by atoms with Crippen molar-refractivity contribution in [3.63, 3.8) is 0 Å². The number of rotatable bonds is 0. The van der Waals surface area contributed by atoms with E-state index in [0.717, 1.165) is 0 Å². The van der Waals surface area contributed by atoms with Gasteiger partial charge in [0.1, 0.15) is 0 Å². The second-order valence-corrected chi connectivity index (χ2v) is 1.28. The maximum Gasteiger partial charge on any atom is 0.213 e. The topological polar surface area (TPSA) is 23.3 Å². The van der Waals surface area contributed by atoms with Crippen molar-refractivity contribution >= 4 is 11.6 Å². The van der Waals surface area contributed by atoms with Gasteiger partial charge in [0.2, 0.25) is 5.22 Å². The van der Waals surface area contributed by atoms with Gasteiger partial charge in [-0.15, -0.1) is 0 Å². The molecule has 3 heteroatoms. The first-order chi connectivity index (χ1) is 2.89. The number of nitrogens with zero attached hydrogens (tertiary/aromatic N) is 1. The first-order valence-electron chi connectivity index (χ1n) is 1.59. The van der Waals surface area contributed by atoms with Crippen molar-refractivity contribution in [2.75, 3.05) is 6.54 Å². The predicted octanol–water partition coefficient (Wildman–Crippen LogP) is 0.616. The summed E-state index contributed by atoms with van der Waals surface area (Å²) < 4.78 is 0. The highest BCUT2D eigenvalue weighted by atomic mass is 35.5. The average Bonchev–Trinajstić information content (AvgIpc) is 1.86. The van der Waals surface area contributed by atoms with E-state index in [9.17, 15) is 0 Å². The molecular formula is C3H3ClNO. The van der Waals surface area contributed by atoms with Crippen molar-refractivity contribution in [1.29, 1.82) is 0 Å². The maximum atomic E-state index is 5.26. The van der Waals surface area contributed by atoms with Gasteiger partial charge < -0.3 is 4.84 Å². The fourth-order valence-electron chi connectivity index (χ4n) is 0.245. The monoisotopic (exact) mass is 104 g/mol. The van der Waals surface area contributed by atoms with E-state index in [4.69, 9.17) is 11.6 Å². The minimum Gasteiger partial charge on any atom is -0.376 e. The lowest BCUT2D eigenvalue weighted by Crippen LogP contribution is -1.92. The second kappa shape index (κ2) is 1.49. The van der Waals surface area contributed by atoms with Gasteiger partial charge >= 0.3 is 0 Å². The summed E-state index contributed by atoms with van der Waals surface area (Å²) in [5.74, 6) is 0. The smallest absolute Gasteiger partial charge is 0.213 e. The molecule has 1 heterocycles. The summed E-state index contributed by atoms with van der Waals surface area (Å²) in [4.78, 5) is 4.40. The van der Waals surface area contributed by atoms with Crippen LogP contribution in [0.5, 0.6) is 0 Å². The Balaban J connectivity index is 2.45. The lowest BCUT2D eigenvalue weighted by Gasteiger charge is -1.83. The molecule has 0 amide bonds. The molecule has 1 aliphatic heterocycles. The third-order valence-corrected chi connectivity index (χ3v) is 0.701. The van der Waals surface area contributed by atoms with Crippen LogP contribution >= 0.6 is 11.6 Å². The van der Waals surface area contributed by atoms with Gasteiger partial charge in [-0.3, -0.25) is 0 Å². The van der Waals surface area contributed by atoms with Gasteiger partial charge in [0, 0.05) is 0 Å². The van der Waals surface area contributed by atoms with E-state index >= 15 is 0 Å². The highest BCUT2D eigenvalue weighted by Gasteiger charge is 1.99. The summed E-state index contributed by atoms with van der Waals surface area (Å²) in [6.07, 6.45) is 1.70. The van der Waals surface area contributed by atoms with Crippen LogP contribution in [0.1, 0.15) is 0 Å². The van der Waals surface area contributed by atoms with E-state index in [2.05, 4.69) is 10.3 Å². The number of hydrogen-bond donors (Lipinski definition) is 0. The molecule has 0 fully saturated rings. The van der Waals surface area contributed by atoms with Crippen LogP contribution in [0.3, 0.4) is 0 Å². The third-order valence-electron chi connectivity index (χ3n) is 0.478. The molecule has 0 bridgehead atoms. The Morgan fingerprint density at radius 2 is 2.83 bits per heavy atom. The Kier molecular flexibility index (Phi) is 0.986. The van der Waals surface area contributed by atoms with Gasteiger partial charge in [-0.1, -0.05) is 0 Å². The summed E-state index contributed by atoms with van der Waals surface area (Å²) in [6, 6.07) is 0. The van der Waals surface area contributed by atoms with Crippen molar-refractivity contribution in [3.05, 3.63) is 11.3 Å². The Labute approximate surface area is 40.7 Å². The number of halogens is 1. The van der Waals surface area contributed by atoms with E-state index in [1.807, 2.05) is 0 Å². The minimum absolute atomic E-state index is 0.384. The summed E-state index contributed by atoms with van der Waals surface area (Å²) >= 11 is 5.26. The Morgan fingerprint density at radius 3 is 3.00 bits per heavy atom. The molecule has 0 unspecified atom stereocenters. The van der Waals surface area contributed by atoms with Crippen molar-refractivity contribution in [2.45, 2.75) is 0 Å². The lowest BCUT2D eigenvalue weighted by molar-refractivity contribution is 0.148. The summed E-state index contributed by atoms with van der Waals surface area (Å²) in [5, 5.41) is 0.384. The molecule has 0 atom stereocenters. The van der Waals surface area contributed by atoms with Crippen LogP contribution < -0.4 is 5.48 Å². The quantitative estimate of drug-likeness (QED) is 0.442. The van der Waals surface area contributed by atoms with E-state index < -0.39 is 0 Å². The Morgan fingerprint density at radius 1 is 2.00 bits per heavy atom. The fourth-order valence-corrected chi connectivity index (χ4v) is 0.363. The molecule has 2 nitrogen and oxygen atoms in total. The van der Waals surface area contributed by atoms with Crippen LogP contribution in [0, 0.1) is 0 Å². The standard InChI is InChI=1S/C3H3ClNO/c4-3-1-2-5-6-3/h1H,2H2. The van der Waals surface area contributed by atoms with Crippen LogP contribution in [0.25, 0.3) is 0 Å². The molecule has 1 rings (SSSR count). The fraction of sp³-hybridized carbons (Fsp3) is 0.333. The van der Waals surface area contributed by atoms with Crippen LogP contribution in [0.15, 0.2) is 11.3 Å². The summed E-state index contributed by atoms with van der Waals surface area (Å²) in [7, 11) is 0. The molecule has 0 N–H and O–H groups in total. The van der Waals surface area contributed by atoms with Gasteiger partial charge in [-0.2, -0.15) is 0 Å². The second-order valence-electron chi connectivity index (χ2n) is 0.911. The molecule has 0 saturated heterocycles. The largest absolute Gasteiger partial charge is 0.376 e. The molecule has 0 aromatic heterocycles. The van der Waals surface area contributed by atoms with E-state index in [-0.39, 0.29) is 0 Å². The lowest BCUT2D eigenvalue weighted by atomic mass is 10.7. The zero-order valence-electron chi connectivity index (χ0n) is 3.02. The number of hydroxylamine groups is 1. The van der Waals surface area contributed by atoms with Crippen molar-refractivity contribution < 1.29 is 4.84 Å². The van der Waals surface area contributed by atoms with E-state index in [1.165, 1.54) is 0 Å². The van der Waals surface area contributed by atoms with Crippen LogP contribution in [-0.2, 0) is 4.84 Å². The summed E-state index contributed by atoms with van der Waals surface area (Å²) in [6.45, 7) is 0.596. The van der Waals surface area contributed by atoms with Crippen LogP contribution in [0.2, 0.25) is 0 Å². The molecule has 0 saturated carbocycles. The van der Waals surface area contributed by atoms with Crippen LogP contribution in [-0.4, -0.2) is 6.54 Å². The molecular weight excluding hydrogens is 101 g/mol. The molecule has 1 aliphatic rings. The van der Waals surface area contributed by atoms with Gasteiger partial charge in [-0.05, 0) is 23.2 Å². The van der Waals surface area contributed by atoms with Crippen LogP contribution in [0.4, 0.5) is 0 Å². The van der Waals surface area contributed by atoms with Crippen molar-refractivity contribution in [1.82, 2.24) is 5.48 Å². The van der Waals surface area contributed by atoms with Gasteiger partial charge in [-0.25, -0.2) is 0 Å². The molecule has 0 aliphatic carbocycles. The van der Waals surface area contributed by atoms with Crippen molar-refractivity contribution in [3.8, 4) is 0 Å². The average molecular weight is 105 g/mol. The van der Waals surface area contributed by atoms with E-state index in [0.29, 0.717) is 11.8 Å². The SMILES string of the molecule is ClC1=CC[N]O1. The van der Waals surface area contributed by atoms with Gasteiger partial charge in [0.05, 0.1) is 6.54 Å². The normalized spacial score (nSPS) is 19.8. The predicted molar refractivity (Wildman–Crippen MR) is 22.0 cm³/mol. The first kappa shape index (κ1) is 3.96. The van der Waals surface area contributed by atoms with Gasteiger partial charge in [0.25, 0.3) is 0 Å². The Bertz CT molecular complexity index is 80.9. The van der Waals surface area contributed by atoms with Gasteiger partial charge in [0.15, 0.2) is 0 Å². The molecule has 0 spiro atoms. The van der Waals surface area contributed by atoms with Crippen molar-refractivity contribution in [2.24, 2.45) is 0 Å². The molecule has 33 valence electrons. The maximum absolute atomic E-state index is 5.26. The summed E-state index contributed by atoms with van der Waals surface area (Å²) in [5.41, 5.74) is 3.44. The zero-order valence-corrected chi connectivity index (χ0v) is 3.77. The highest BCUT2D eigenvalue weighted by molar-refractivity contribution is 6.28. The molecule has 0 aromatic rings. The first-order valence-corrected chi connectivity index (χ1v) is 1.97. The zero-order chi connectivity index (χ0) is 4.41. The molecule has 0 aromatic carbocycles. The number of hydrogen-bond acceptors (Lipinski definition) is 1. The third kappa shape index (κ3) is 0.640. The van der Waals surface area contributed by atoms with E-state index in [1.54, 1.807) is 6.08 Å². The molecule has 6 heavy (non-hydrogen) atoms. The Hall–Kier alpha value is -0.210. The molecule has 1 radical (unpaired) electrons.